The van der Waals surface area contributed by atoms with Crippen LogP contribution in [0.2, 0.25) is 5.02 Å². The summed E-state index contributed by atoms with van der Waals surface area (Å²) in [5, 5.41) is 3.40. The normalized spacial score (nSPS) is 11.8. The topological polar surface area (TPSA) is 58.6 Å². The number of likely N-dealkylation sites (N-methyl/N-ethyl adjacent to an activating group) is 1. The number of benzene rings is 2. The highest BCUT2D eigenvalue weighted by molar-refractivity contribution is 6.30. The molecule has 6 heteroatoms. The van der Waals surface area contributed by atoms with Crippen LogP contribution in [-0.2, 0) is 11.3 Å². The van der Waals surface area contributed by atoms with E-state index in [-0.39, 0.29) is 17.7 Å². The standard InChI is InChI=1S/C21H25ClN2O3/c1-14(2)19(23-20(25)15-9-11-17(22)12-10-15)21(26)24(3)13-16-7-5-6-8-18(16)27-4/h5-12,14,19H,13H2,1-4H3,(H,23,25). The Morgan fingerprint density at radius 1 is 1.11 bits per heavy atom. The third-order valence-corrected chi connectivity index (χ3v) is 4.55. The van der Waals surface area contributed by atoms with Crippen LogP contribution >= 0.6 is 11.6 Å². The van der Waals surface area contributed by atoms with Gasteiger partial charge in [0.05, 0.1) is 7.11 Å². The number of ether oxygens (including phenoxy) is 1. The lowest BCUT2D eigenvalue weighted by Crippen LogP contribution is -2.50. The minimum Gasteiger partial charge on any atom is -0.496 e. The first-order valence-electron chi connectivity index (χ1n) is 8.76. The van der Waals surface area contributed by atoms with Gasteiger partial charge in [0.25, 0.3) is 5.91 Å². The molecule has 0 aliphatic carbocycles. The lowest BCUT2D eigenvalue weighted by Gasteiger charge is -2.27. The van der Waals surface area contributed by atoms with Crippen molar-refractivity contribution in [3.8, 4) is 5.75 Å². The third kappa shape index (κ3) is 5.47. The summed E-state index contributed by atoms with van der Waals surface area (Å²) in [6, 6.07) is 13.5. The molecule has 0 spiro atoms. The molecule has 0 aliphatic heterocycles. The largest absolute Gasteiger partial charge is 0.496 e. The zero-order chi connectivity index (χ0) is 20.0. The van der Waals surface area contributed by atoms with Gasteiger partial charge in [-0.2, -0.15) is 0 Å². The van der Waals surface area contributed by atoms with Gasteiger partial charge in [0.2, 0.25) is 5.91 Å². The Bertz CT molecular complexity index is 790. The number of halogens is 1. The van der Waals surface area contributed by atoms with E-state index in [1.54, 1.807) is 43.3 Å². The van der Waals surface area contributed by atoms with Crippen molar-refractivity contribution < 1.29 is 14.3 Å². The van der Waals surface area contributed by atoms with E-state index in [4.69, 9.17) is 16.3 Å². The number of methoxy groups -OCH3 is 1. The molecule has 0 fully saturated rings. The molecule has 0 saturated heterocycles. The van der Waals surface area contributed by atoms with Crippen LogP contribution in [0.4, 0.5) is 0 Å². The van der Waals surface area contributed by atoms with Gasteiger partial charge in [-0.3, -0.25) is 9.59 Å². The molecular weight excluding hydrogens is 364 g/mol. The fraction of sp³-hybridized carbons (Fsp3) is 0.333. The van der Waals surface area contributed by atoms with Crippen LogP contribution in [-0.4, -0.2) is 36.9 Å². The number of hydrogen-bond acceptors (Lipinski definition) is 3. The van der Waals surface area contributed by atoms with Gasteiger partial charge >= 0.3 is 0 Å². The Morgan fingerprint density at radius 2 is 1.74 bits per heavy atom. The Morgan fingerprint density at radius 3 is 2.33 bits per heavy atom. The van der Waals surface area contributed by atoms with Gasteiger partial charge < -0.3 is 15.0 Å². The van der Waals surface area contributed by atoms with Gasteiger partial charge in [-0.25, -0.2) is 0 Å². The number of nitrogens with one attached hydrogen (secondary N) is 1. The van der Waals surface area contributed by atoms with E-state index in [2.05, 4.69) is 5.32 Å². The second-order valence-electron chi connectivity index (χ2n) is 6.71. The molecule has 0 radical (unpaired) electrons. The average molecular weight is 389 g/mol. The molecule has 5 nitrogen and oxygen atoms in total. The fourth-order valence-electron chi connectivity index (χ4n) is 2.74. The first-order chi connectivity index (χ1) is 12.8. The van der Waals surface area contributed by atoms with Gasteiger partial charge in [0.1, 0.15) is 11.8 Å². The van der Waals surface area contributed by atoms with Crippen molar-refractivity contribution >= 4 is 23.4 Å². The van der Waals surface area contributed by atoms with E-state index in [0.29, 0.717) is 17.1 Å². The Balaban J connectivity index is 2.11. The summed E-state index contributed by atoms with van der Waals surface area (Å²) < 4.78 is 5.35. The molecule has 2 aromatic carbocycles. The zero-order valence-corrected chi connectivity index (χ0v) is 16.8. The van der Waals surface area contributed by atoms with Crippen LogP contribution in [0.25, 0.3) is 0 Å². The number of nitrogens with zero attached hydrogens (tertiary/aromatic N) is 1. The fourth-order valence-corrected chi connectivity index (χ4v) is 2.87. The maximum Gasteiger partial charge on any atom is 0.251 e. The molecule has 144 valence electrons. The Hall–Kier alpha value is -2.53. The summed E-state index contributed by atoms with van der Waals surface area (Å²) in [7, 11) is 3.32. The highest BCUT2D eigenvalue weighted by Crippen LogP contribution is 2.20. The minimum absolute atomic E-state index is 0.0612. The number of hydrogen-bond donors (Lipinski definition) is 1. The lowest BCUT2D eigenvalue weighted by molar-refractivity contribution is -0.133. The molecule has 0 bridgehead atoms. The number of carbonyl (C=O) groups excluding carboxylic acids is 2. The summed E-state index contributed by atoms with van der Waals surface area (Å²) >= 11 is 5.86. The monoisotopic (exact) mass is 388 g/mol. The lowest BCUT2D eigenvalue weighted by atomic mass is 10.0. The molecule has 0 saturated carbocycles. The third-order valence-electron chi connectivity index (χ3n) is 4.30. The summed E-state index contributed by atoms with van der Waals surface area (Å²) in [6.45, 7) is 4.20. The highest BCUT2D eigenvalue weighted by Gasteiger charge is 2.27. The van der Waals surface area contributed by atoms with Gasteiger partial charge in [-0.1, -0.05) is 43.6 Å². The van der Waals surface area contributed by atoms with E-state index < -0.39 is 6.04 Å². The first-order valence-corrected chi connectivity index (χ1v) is 9.14. The van der Waals surface area contributed by atoms with Crippen molar-refractivity contribution in [3.63, 3.8) is 0 Å². The van der Waals surface area contributed by atoms with E-state index in [1.165, 1.54) is 0 Å². The Labute approximate surface area is 165 Å². The molecule has 2 amide bonds. The molecule has 27 heavy (non-hydrogen) atoms. The smallest absolute Gasteiger partial charge is 0.251 e. The van der Waals surface area contributed by atoms with E-state index >= 15 is 0 Å². The van der Waals surface area contributed by atoms with Gasteiger partial charge in [0.15, 0.2) is 0 Å². The molecule has 2 rings (SSSR count). The van der Waals surface area contributed by atoms with Crippen molar-refractivity contribution in [3.05, 3.63) is 64.7 Å². The molecular formula is C21H25ClN2O3. The van der Waals surface area contributed by atoms with Crippen LogP contribution < -0.4 is 10.1 Å². The van der Waals surface area contributed by atoms with Crippen LogP contribution in [0.3, 0.4) is 0 Å². The predicted octanol–water partition coefficient (Wildman–Crippen LogP) is 3.76. The van der Waals surface area contributed by atoms with Crippen LogP contribution in [0.15, 0.2) is 48.5 Å². The number of amides is 2. The molecule has 0 aromatic heterocycles. The molecule has 0 aliphatic rings. The first kappa shape index (κ1) is 20.8. The summed E-state index contributed by atoms with van der Waals surface area (Å²) in [5.74, 6) is 0.208. The van der Waals surface area contributed by atoms with Gasteiger partial charge in [-0.15, -0.1) is 0 Å². The van der Waals surface area contributed by atoms with E-state index in [0.717, 1.165) is 11.3 Å². The Kier molecular flexibility index (Phi) is 7.25. The molecule has 2 aromatic rings. The maximum absolute atomic E-state index is 13.0. The molecule has 1 unspecified atom stereocenters. The van der Waals surface area contributed by atoms with Crippen molar-refractivity contribution in [2.24, 2.45) is 5.92 Å². The number of rotatable bonds is 7. The van der Waals surface area contributed by atoms with E-state index in [9.17, 15) is 9.59 Å². The second-order valence-corrected chi connectivity index (χ2v) is 7.14. The zero-order valence-electron chi connectivity index (χ0n) is 16.0. The molecule has 1 atom stereocenters. The van der Waals surface area contributed by atoms with Crippen LogP contribution in [0.5, 0.6) is 5.75 Å². The average Bonchev–Trinajstić information content (AvgIpc) is 2.66. The number of para-hydroxylation sites is 1. The van der Waals surface area contributed by atoms with Crippen molar-refractivity contribution in [2.75, 3.05) is 14.2 Å². The van der Waals surface area contributed by atoms with Crippen LogP contribution in [0.1, 0.15) is 29.8 Å². The van der Waals surface area contributed by atoms with Crippen molar-refractivity contribution in [2.45, 2.75) is 26.4 Å². The summed E-state index contributed by atoms with van der Waals surface area (Å²) in [4.78, 5) is 27.1. The quantitative estimate of drug-likeness (QED) is 0.785. The second kappa shape index (κ2) is 9.42. The highest BCUT2D eigenvalue weighted by atomic mass is 35.5. The maximum atomic E-state index is 13.0. The molecule has 1 N–H and O–H groups in total. The predicted molar refractivity (Wildman–Crippen MR) is 107 cm³/mol. The summed E-state index contributed by atoms with van der Waals surface area (Å²) in [5.41, 5.74) is 1.37. The van der Waals surface area contributed by atoms with Gasteiger partial charge in [0, 0.05) is 29.7 Å². The minimum atomic E-state index is -0.632. The molecule has 0 heterocycles. The van der Waals surface area contributed by atoms with Gasteiger partial charge in [-0.05, 0) is 36.2 Å². The van der Waals surface area contributed by atoms with Crippen LogP contribution in [0, 0.1) is 5.92 Å². The number of carbonyl (C=O) groups is 2. The van der Waals surface area contributed by atoms with Crippen molar-refractivity contribution in [1.82, 2.24) is 10.2 Å². The van der Waals surface area contributed by atoms with Crippen molar-refractivity contribution in [1.29, 1.82) is 0 Å². The SMILES string of the molecule is COc1ccccc1CN(C)C(=O)C(NC(=O)c1ccc(Cl)cc1)C(C)C. The van der Waals surface area contributed by atoms with E-state index in [1.807, 2.05) is 38.1 Å². The summed E-state index contributed by atoms with van der Waals surface area (Å²) in [6.07, 6.45) is 0.